The molecule has 1 aliphatic heterocycles. The predicted molar refractivity (Wildman–Crippen MR) is 159 cm³/mol. The zero-order valence-electron chi connectivity index (χ0n) is 24.8. The number of benzene rings is 2. The molecule has 1 fully saturated rings. The minimum atomic E-state index is -1.94. The van der Waals surface area contributed by atoms with Gasteiger partial charge in [-0.05, 0) is 55.7 Å². The largest absolute Gasteiger partial charge is 0.489 e. The van der Waals surface area contributed by atoms with Gasteiger partial charge in [-0.15, -0.1) is 11.0 Å². The second-order valence-corrected chi connectivity index (χ2v) is 10.8. The highest BCUT2D eigenvalue weighted by Crippen LogP contribution is 2.26. The van der Waals surface area contributed by atoms with Crippen LogP contribution < -0.4 is 4.74 Å². The van der Waals surface area contributed by atoms with Gasteiger partial charge in [0.1, 0.15) is 30.7 Å². The lowest BCUT2D eigenvalue weighted by Gasteiger charge is -2.36. The summed E-state index contributed by atoms with van der Waals surface area (Å²) in [6, 6.07) is 16.9. The van der Waals surface area contributed by atoms with Crippen LogP contribution in [0.1, 0.15) is 41.5 Å². The number of carbonyl (C=O) groups excluding carboxylic acids is 2. The highest BCUT2D eigenvalue weighted by atomic mass is 16.7. The van der Waals surface area contributed by atoms with Crippen molar-refractivity contribution in [3.05, 3.63) is 83.0 Å². The first kappa shape index (κ1) is 31.8. The molecule has 0 aliphatic carbocycles. The summed E-state index contributed by atoms with van der Waals surface area (Å²) in [5.41, 5.74) is 5.50. The number of ether oxygens (including phenoxy) is 3. The molecule has 1 aliphatic rings. The second kappa shape index (κ2) is 13.6. The predicted octanol–water partition coefficient (Wildman–Crippen LogP) is 1.96. The van der Waals surface area contributed by atoms with E-state index in [0.717, 1.165) is 27.9 Å². The Morgan fingerprint density at radius 3 is 2.38 bits per heavy atom. The molecule has 4 aromatic rings. The van der Waals surface area contributed by atoms with E-state index in [1.807, 2.05) is 50.4 Å². The maximum absolute atomic E-state index is 12.6. The third-order valence-corrected chi connectivity index (χ3v) is 7.51. The number of aryl methyl sites for hydroxylation is 2. The van der Waals surface area contributed by atoms with Crippen molar-refractivity contribution in [3.8, 4) is 29.0 Å². The number of hydrogen-bond acceptors (Lipinski definition) is 11. The number of hydrogen-bond donors (Lipinski definition) is 4. The van der Waals surface area contributed by atoms with E-state index in [1.165, 1.54) is 0 Å². The Morgan fingerprint density at radius 2 is 1.69 bits per heavy atom. The first-order chi connectivity index (χ1) is 21.5. The van der Waals surface area contributed by atoms with Crippen LogP contribution >= 0.6 is 0 Å². The lowest BCUT2D eigenvalue weighted by atomic mass is 9.96. The van der Waals surface area contributed by atoms with E-state index in [9.17, 15) is 30.0 Å². The Hall–Kier alpha value is -4.64. The molecule has 2 aromatic heterocycles. The number of aromatic nitrogens is 3. The normalized spacial score (nSPS) is 21.9. The quantitative estimate of drug-likeness (QED) is 0.130. The molecule has 1 saturated heterocycles. The third kappa shape index (κ3) is 7.04. The molecule has 4 N–H and O–H groups in total. The highest BCUT2D eigenvalue weighted by molar-refractivity contribution is 5.89. The van der Waals surface area contributed by atoms with Gasteiger partial charge in [-0.25, -0.2) is 14.3 Å². The van der Waals surface area contributed by atoms with Crippen molar-refractivity contribution in [2.45, 2.75) is 70.4 Å². The van der Waals surface area contributed by atoms with Crippen molar-refractivity contribution in [3.63, 3.8) is 0 Å². The Balaban J connectivity index is 1.20. The van der Waals surface area contributed by atoms with E-state index in [0.29, 0.717) is 17.1 Å². The smallest absolute Gasteiger partial charge is 0.345 e. The number of nitrogens with zero attached hydrogens (tertiary/aromatic N) is 3. The summed E-state index contributed by atoms with van der Waals surface area (Å²) in [6.07, 6.45) is -7.83. The standard InChI is InChI=1S/C33H33N3O9/c1-4-6-22(15-25(37)44-33(42)30-28(39)27(38)29(40)32(41)45-30)21-10-12-23(13-11-21)43-17-20-9-14-24-34-31(35-36(24)16-20)26-18(2)7-5-8-19(26)3/h5,7-14,16,22,27-30,32,38-41H,15,17H2,1-3H3/t22-,27-,28-,29+,30-,32?/m0/s1. The molecule has 1 unspecified atom stereocenters. The van der Waals surface area contributed by atoms with Crippen LogP contribution in [0.2, 0.25) is 0 Å². The molecule has 0 radical (unpaired) electrons. The minimum Gasteiger partial charge on any atom is -0.489 e. The topological polar surface area (TPSA) is 173 Å². The molecule has 0 saturated carbocycles. The van der Waals surface area contributed by atoms with Gasteiger partial charge in [-0.2, -0.15) is 0 Å². The molecular weight excluding hydrogens is 582 g/mol. The van der Waals surface area contributed by atoms with E-state index in [1.54, 1.807) is 35.7 Å². The monoisotopic (exact) mass is 615 g/mol. The molecule has 45 heavy (non-hydrogen) atoms. The zero-order chi connectivity index (χ0) is 32.2. The van der Waals surface area contributed by atoms with Gasteiger partial charge in [0, 0.05) is 17.3 Å². The fraction of sp³-hybridized carbons (Fsp3) is 0.333. The fourth-order valence-corrected chi connectivity index (χ4v) is 5.11. The highest BCUT2D eigenvalue weighted by Gasteiger charge is 2.47. The number of esters is 2. The summed E-state index contributed by atoms with van der Waals surface area (Å²) in [5, 5.41) is 43.7. The first-order valence-electron chi connectivity index (χ1n) is 14.2. The average molecular weight is 616 g/mol. The fourth-order valence-electron chi connectivity index (χ4n) is 5.11. The first-order valence-corrected chi connectivity index (χ1v) is 14.2. The second-order valence-electron chi connectivity index (χ2n) is 10.8. The number of aliphatic hydroxyl groups excluding tert-OH is 4. The van der Waals surface area contributed by atoms with E-state index in [4.69, 9.17) is 14.2 Å². The zero-order valence-corrected chi connectivity index (χ0v) is 24.8. The van der Waals surface area contributed by atoms with Crippen molar-refractivity contribution in [2.75, 3.05) is 0 Å². The summed E-state index contributed by atoms with van der Waals surface area (Å²) >= 11 is 0. The van der Waals surface area contributed by atoms with Crippen molar-refractivity contribution < 1.29 is 44.2 Å². The Kier molecular flexibility index (Phi) is 9.57. The number of rotatable bonds is 8. The van der Waals surface area contributed by atoms with E-state index >= 15 is 0 Å². The molecular formula is C33H33N3O9. The minimum absolute atomic E-state index is 0.274. The van der Waals surface area contributed by atoms with Crippen molar-refractivity contribution >= 4 is 17.6 Å². The van der Waals surface area contributed by atoms with Gasteiger partial charge in [0.05, 0.1) is 12.3 Å². The van der Waals surface area contributed by atoms with Gasteiger partial charge in [0.15, 0.2) is 23.9 Å². The maximum atomic E-state index is 12.6. The maximum Gasteiger partial charge on any atom is 0.345 e. The summed E-state index contributed by atoms with van der Waals surface area (Å²) in [6.45, 7) is 5.96. The van der Waals surface area contributed by atoms with Crippen LogP contribution in [0.15, 0.2) is 60.8 Å². The number of pyridine rings is 1. The van der Waals surface area contributed by atoms with E-state index in [-0.39, 0.29) is 13.0 Å². The van der Waals surface area contributed by atoms with Crippen molar-refractivity contribution in [1.82, 2.24) is 14.6 Å². The van der Waals surface area contributed by atoms with Gasteiger partial charge < -0.3 is 34.6 Å². The lowest BCUT2D eigenvalue weighted by Crippen LogP contribution is -2.60. The molecule has 5 rings (SSSR count). The number of carbonyl (C=O) groups is 2. The van der Waals surface area contributed by atoms with Crippen LogP contribution in [-0.4, -0.2) is 77.7 Å². The Bertz CT molecular complexity index is 1740. The van der Waals surface area contributed by atoms with Crippen molar-refractivity contribution in [1.29, 1.82) is 0 Å². The van der Waals surface area contributed by atoms with E-state index < -0.39 is 48.6 Å². The molecule has 0 spiro atoms. The molecule has 0 amide bonds. The van der Waals surface area contributed by atoms with Crippen LogP contribution in [0.3, 0.4) is 0 Å². The van der Waals surface area contributed by atoms with Crippen LogP contribution in [0.5, 0.6) is 5.75 Å². The SMILES string of the molecule is CC#C[C@@H](CC(=O)OC(=O)[C@H]1OC(O)[C@H](O)[C@@H](O)[C@@H]1O)c1ccc(OCc2ccc3nc(-c4c(C)cccc4C)nn3c2)cc1. The van der Waals surface area contributed by atoms with Gasteiger partial charge in [-0.3, -0.25) is 4.79 Å². The number of fused-ring (bicyclic) bond motifs is 1. The molecule has 12 heteroatoms. The van der Waals surface area contributed by atoms with Gasteiger partial charge >= 0.3 is 11.9 Å². The summed E-state index contributed by atoms with van der Waals surface area (Å²) < 4.78 is 17.3. The molecule has 234 valence electrons. The third-order valence-electron chi connectivity index (χ3n) is 7.51. The average Bonchev–Trinajstić information content (AvgIpc) is 3.43. The van der Waals surface area contributed by atoms with Crippen LogP contribution in [-0.2, 0) is 25.7 Å². The van der Waals surface area contributed by atoms with Gasteiger partial charge in [0.2, 0.25) is 0 Å². The molecule has 12 nitrogen and oxygen atoms in total. The van der Waals surface area contributed by atoms with Crippen LogP contribution in [0.4, 0.5) is 0 Å². The van der Waals surface area contributed by atoms with Crippen LogP contribution in [0, 0.1) is 25.7 Å². The molecule has 6 atom stereocenters. The van der Waals surface area contributed by atoms with E-state index in [2.05, 4.69) is 21.9 Å². The van der Waals surface area contributed by atoms with Gasteiger partial charge in [0.25, 0.3) is 0 Å². The molecule has 0 bridgehead atoms. The summed E-state index contributed by atoms with van der Waals surface area (Å²) in [5.74, 6) is 4.03. The molecule has 2 aromatic carbocycles. The number of aliphatic hydroxyl groups is 4. The lowest BCUT2D eigenvalue weighted by molar-refractivity contribution is -0.280. The summed E-state index contributed by atoms with van der Waals surface area (Å²) in [7, 11) is 0. The van der Waals surface area contributed by atoms with Gasteiger partial charge in [-0.1, -0.05) is 42.3 Å². The van der Waals surface area contributed by atoms with Crippen LogP contribution in [0.25, 0.3) is 17.0 Å². The Labute approximate surface area is 258 Å². The Morgan fingerprint density at radius 1 is 0.978 bits per heavy atom. The van der Waals surface area contributed by atoms with Crippen molar-refractivity contribution in [2.24, 2.45) is 0 Å². The summed E-state index contributed by atoms with van der Waals surface area (Å²) in [4.78, 5) is 29.6. The molecule has 3 heterocycles.